The van der Waals surface area contributed by atoms with Crippen LogP contribution in [0.2, 0.25) is 0 Å². The van der Waals surface area contributed by atoms with Crippen LogP contribution >= 0.6 is 0 Å². The van der Waals surface area contributed by atoms with E-state index in [1.165, 1.54) is 61.2 Å². The molecule has 2 nitrogen and oxygen atoms in total. The first-order chi connectivity index (χ1) is 31.2. The van der Waals surface area contributed by atoms with Crippen LogP contribution in [0.3, 0.4) is 0 Å². The summed E-state index contributed by atoms with van der Waals surface area (Å²) >= 11 is 0. The fourth-order valence-electron chi connectivity index (χ4n) is 10.2. The van der Waals surface area contributed by atoms with Crippen LogP contribution in [0.5, 0.6) is 0 Å². The topological polar surface area (TPSA) is 6.48 Å². The molecule has 0 heterocycles. The van der Waals surface area contributed by atoms with Crippen LogP contribution in [0.1, 0.15) is 61.1 Å². The Kier molecular flexibility index (Phi) is 9.55. The molecular formula is C62H50N2. The fourth-order valence-corrected chi connectivity index (χ4v) is 10.2. The third kappa shape index (κ3) is 6.74. The predicted molar refractivity (Wildman–Crippen MR) is 272 cm³/mol. The highest BCUT2D eigenvalue weighted by Gasteiger charge is 2.37. The van der Waals surface area contributed by atoms with E-state index in [2.05, 4.69) is 268 Å². The Labute approximate surface area is 378 Å². The van der Waals surface area contributed by atoms with E-state index < -0.39 is 0 Å². The van der Waals surface area contributed by atoms with Crippen molar-refractivity contribution in [3.63, 3.8) is 0 Å². The maximum absolute atomic E-state index is 2.41. The molecule has 0 unspecified atom stereocenters. The number of rotatable bonds is 9. The second kappa shape index (κ2) is 15.6. The minimum Gasteiger partial charge on any atom is -0.310 e. The zero-order valence-electron chi connectivity index (χ0n) is 36.8. The molecule has 0 saturated heterocycles. The van der Waals surface area contributed by atoms with E-state index >= 15 is 0 Å². The molecule has 0 N–H and O–H groups in total. The molecule has 11 rings (SSSR count). The van der Waals surface area contributed by atoms with Crippen molar-refractivity contribution in [3.05, 3.63) is 252 Å². The highest BCUT2D eigenvalue weighted by Crippen LogP contribution is 2.52. The lowest BCUT2D eigenvalue weighted by Crippen LogP contribution is -2.16. The van der Waals surface area contributed by atoms with Crippen molar-refractivity contribution in [2.24, 2.45) is 0 Å². The van der Waals surface area contributed by atoms with Crippen LogP contribution < -0.4 is 9.80 Å². The predicted octanol–water partition coefficient (Wildman–Crippen LogP) is 17.1. The third-order valence-corrected chi connectivity index (χ3v) is 13.6. The van der Waals surface area contributed by atoms with E-state index in [0.717, 1.165) is 39.7 Å². The molecule has 0 atom stereocenters. The first kappa shape index (κ1) is 39.2. The SMILES string of the molecule is CC1(C)c2ccccc2-c2ccc(N(c3ccc(/C=C/c4ccc5c(c4)C(C)(C)c4cc(N(c6ccccc6)c6ccccc6)ccc4-5)cc3)c3ccc(-c4ccccc4)cc3)cc21. The monoisotopic (exact) mass is 822 g/mol. The Morgan fingerprint density at radius 1 is 0.281 bits per heavy atom. The summed E-state index contributed by atoms with van der Waals surface area (Å²) in [5.74, 6) is 0. The van der Waals surface area contributed by atoms with Gasteiger partial charge in [-0.25, -0.2) is 0 Å². The van der Waals surface area contributed by atoms with Gasteiger partial charge in [0.15, 0.2) is 0 Å². The quantitative estimate of drug-likeness (QED) is 0.134. The summed E-state index contributed by atoms with van der Waals surface area (Å²) in [6, 6.07) is 79.7. The molecule has 0 fully saturated rings. The van der Waals surface area contributed by atoms with Crippen LogP contribution in [0.15, 0.2) is 218 Å². The molecule has 0 aromatic heterocycles. The number of hydrogen-bond acceptors (Lipinski definition) is 2. The van der Waals surface area contributed by atoms with E-state index in [1.54, 1.807) is 0 Å². The van der Waals surface area contributed by atoms with Crippen LogP contribution in [0.4, 0.5) is 34.1 Å². The maximum Gasteiger partial charge on any atom is 0.0465 e. The van der Waals surface area contributed by atoms with Crippen LogP contribution in [-0.2, 0) is 10.8 Å². The third-order valence-electron chi connectivity index (χ3n) is 13.6. The highest BCUT2D eigenvalue weighted by molar-refractivity contribution is 5.88. The van der Waals surface area contributed by atoms with Crippen molar-refractivity contribution in [3.8, 4) is 33.4 Å². The Morgan fingerprint density at radius 3 is 1.20 bits per heavy atom. The lowest BCUT2D eigenvalue weighted by Gasteiger charge is -2.28. The first-order valence-electron chi connectivity index (χ1n) is 22.4. The van der Waals surface area contributed by atoms with Gasteiger partial charge < -0.3 is 9.80 Å². The van der Waals surface area contributed by atoms with E-state index in [9.17, 15) is 0 Å². The zero-order valence-corrected chi connectivity index (χ0v) is 36.8. The van der Waals surface area contributed by atoms with Crippen molar-refractivity contribution in [1.82, 2.24) is 0 Å². The van der Waals surface area contributed by atoms with Crippen molar-refractivity contribution in [2.45, 2.75) is 38.5 Å². The summed E-state index contributed by atoms with van der Waals surface area (Å²) in [5.41, 5.74) is 22.1. The standard InChI is InChI=1S/C62H50N2/c1-61(2)57-23-15-14-22-53(57)55-38-35-52(41-59(55)61)64(50-33-29-46(30-34-50)45-16-8-5-9-17-45)49-31-26-43(27-32-49)24-25-44-28-37-54-56-39-36-51(42-60(56)62(3,4)58(54)40-44)63(47-18-10-6-11-19-47)48-20-12-7-13-21-48/h5-42H,1-4H3/b25-24+. The van der Waals surface area contributed by atoms with E-state index in [4.69, 9.17) is 0 Å². The number of benzene rings is 9. The molecule has 2 aliphatic carbocycles. The molecule has 0 aliphatic heterocycles. The normalized spacial score (nSPS) is 13.8. The van der Waals surface area contributed by atoms with Crippen LogP contribution in [-0.4, -0.2) is 0 Å². The Bertz CT molecular complexity index is 3140. The number of hydrogen-bond donors (Lipinski definition) is 0. The summed E-state index contributed by atoms with van der Waals surface area (Å²) in [6.07, 6.45) is 4.50. The van der Waals surface area contributed by atoms with Gasteiger partial charge in [-0.3, -0.25) is 0 Å². The molecule has 2 aliphatic rings. The molecule has 0 radical (unpaired) electrons. The fraction of sp³-hybridized carbons (Fsp3) is 0.0968. The van der Waals surface area contributed by atoms with Gasteiger partial charge in [-0.05, 0) is 140 Å². The molecule has 9 aromatic rings. The number of anilines is 6. The second-order valence-electron chi connectivity index (χ2n) is 18.2. The van der Waals surface area contributed by atoms with E-state index in [1.807, 2.05) is 0 Å². The Hall–Kier alpha value is -7.68. The molecule has 64 heavy (non-hydrogen) atoms. The summed E-state index contributed by atoms with van der Waals surface area (Å²) in [7, 11) is 0. The Balaban J connectivity index is 0.894. The van der Waals surface area contributed by atoms with Gasteiger partial charge in [0, 0.05) is 45.0 Å². The summed E-state index contributed by atoms with van der Waals surface area (Å²) < 4.78 is 0. The van der Waals surface area contributed by atoms with E-state index in [-0.39, 0.29) is 10.8 Å². The summed E-state index contributed by atoms with van der Waals surface area (Å²) in [6.45, 7) is 9.44. The average molecular weight is 823 g/mol. The molecule has 308 valence electrons. The van der Waals surface area contributed by atoms with Crippen molar-refractivity contribution < 1.29 is 0 Å². The van der Waals surface area contributed by atoms with Gasteiger partial charge in [-0.1, -0.05) is 185 Å². The lowest BCUT2D eigenvalue weighted by atomic mass is 9.81. The number of nitrogens with zero attached hydrogens (tertiary/aromatic N) is 2. The summed E-state index contributed by atoms with van der Waals surface area (Å²) in [4.78, 5) is 4.75. The molecule has 0 saturated carbocycles. The Morgan fingerprint density at radius 2 is 0.641 bits per heavy atom. The van der Waals surface area contributed by atoms with E-state index in [0.29, 0.717) is 0 Å². The van der Waals surface area contributed by atoms with Gasteiger partial charge in [-0.2, -0.15) is 0 Å². The number of para-hydroxylation sites is 2. The first-order valence-corrected chi connectivity index (χ1v) is 22.4. The van der Waals surface area contributed by atoms with Crippen molar-refractivity contribution >= 4 is 46.3 Å². The minimum atomic E-state index is -0.163. The van der Waals surface area contributed by atoms with Crippen LogP contribution in [0, 0.1) is 0 Å². The molecule has 9 aromatic carbocycles. The molecule has 2 heteroatoms. The van der Waals surface area contributed by atoms with Gasteiger partial charge in [0.1, 0.15) is 0 Å². The largest absolute Gasteiger partial charge is 0.310 e. The smallest absolute Gasteiger partial charge is 0.0465 e. The van der Waals surface area contributed by atoms with Crippen molar-refractivity contribution in [2.75, 3.05) is 9.80 Å². The van der Waals surface area contributed by atoms with Gasteiger partial charge in [0.2, 0.25) is 0 Å². The average Bonchev–Trinajstić information content (AvgIpc) is 3.71. The van der Waals surface area contributed by atoms with Gasteiger partial charge in [-0.15, -0.1) is 0 Å². The molecule has 0 bridgehead atoms. The highest BCUT2D eigenvalue weighted by atomic mass is 15.1. The molecule has 0 spiro atoms. The lowest BCUT2D eigenvalue weighted by molar-refractivity contribution is 0.660. The zero-order chi connectivity index (χ0) is 43.4. The maximum atomic E-state index is 2.41. The van der Waals surface area contributed by atoms with Crippen LogP contribution in [0.25, 0.3) is 45.5 Å². The number of fused-ring (bicyclic) bond motifs is 6. The molecular weight excluding hydrogens is 773 g/mol. The minimum absolute atomic E-state index is 0.0934. The summed E-state index contributed by atoms with van der Waals surface area (Å²) in [5, 5.41) is 0. The molecule has 0 amide bonds. The van der Waals surface area contributed by atoms with Gasteiger partial charge in [0.05, 0.1) is 0 Å². The van der Waals surface area contributed by atoms with Crippen molar-refractivity contribution in [1.29, 1.82) is 0 Å². The van der Waals surface area contributed by atoms with Gasteiger partial charge >= 0.3 is 0 Å². The van der Waals surface area contributed by atoms with Gasteiger partial charge in [0.25, 0.3) is 0 Å². The second-order valence-corrected chi connectivity index (χ2v) is 18.2.